The van der Waals surface area contributed by atoms with Crippen molar-refractivity contribution in [2.24, 2.45) is 5.73 Å². The zero-order chi connectivity index (χ0) is 10.1. The minimum Gasteiger partial charge on any atom is -0.497 e. The Morgan fingerprint density at radius 2 is 2.00 bits per heavy atom. The molecule has 0 aliphatic carbocycles. The number of rotatable bonds is 2. The molecule has 2 N–H and O–H groups in total. The summed E-state index contributed by atoms with van der Waals surface area (Å²) in [7, 11) is 1.65. The van der Waals surface area contributed by atoms with Crippen LogP contribution in [0.15, 0.2) is 22.7 Å². The van der Waals surface area contributed by atoms with Gasteiger partial charge in [0, 0.05) is 10.0 Å². The SMILES string of the molecule is COc1ccc(C(C)(C)N)c(Br)c1. The summed E-state index contributed by atoms with van der Waals surface area (Å²) in [5.74, 6) is 0.833. The highest BCUT2D eigenvalue weighted by Crippen LogP contribution is 2.29. The maximum atomic E-state index is 5.98. The molecule has 0 radical (unpaired) electrons. The lowest BCUT2D eigenvalue weighted by atomic mass is 9.96. The summed E-state index contributed by atoms with van der Waals surface area (Å²) in [6.45, 7) is 3.94. The van der Waals surface area contributed by atoms with E-state index in [0.717, 1.165) is 15.8 Å². The fourth-order valence-electron chi connectivity index (χ4n) is 1.15. The first-order chi connectivity index (χ1) is 5.95. The van der Waals surface area contributed by atoms with E-state index in [2.05, 4.69) is 15.9 Å². The standard InChI is InChI=1S/C10H14BrNO/c1-10(2,12)8-5-4-7(13-3)6-9(8)11/h4-6H,12H2,1-3H3. The van der Waals surface area contributed by atoms with Gasteiger partial charge in [0.1, 0.15) is 5.75 Å². The lowest BCUT2D eigenvalue weighted by Crippen LogP contribution is -2.28. The third kappa shape index (κ3) is 2.45. The third-order valence-electron chi connectivity index (χ3n) is 1.87. The number of methoxy groups -OCH3 is 1. The topological polar surface area (TPSA) is 35.2 Å². The zero-order valence-electron chi connectivity index (χ0n) is 8.10. The van der Waals surface area contributed by atoms with Gasteiger partial charge in [0.15, 0.2) is 0 Å². The smallest absolute Gasteiger partial charge is 0.120 e. The Balaban J connectivity index is 3.13. The molecule has 72 valence electrons. The quantitative estimate of drug-likeness (QED) is 0.867. The van der Waals surface area contributed by atoms with E-state index in [-0.39, 0.29) is 5.54 Å². The van der Waals surface area contributed by atoms with Gasteiger partial charge >= 0.3 is 0 Å². The molecule has 1 aromatic rings. The Kier molecular flexibility index (Phi) is 2.98. The molecule has 0 saturated carbocycles. The van der Waals surface area contributed by atoms with Gasteiger partial charge < -0.3 is 10.5 Å². The second kappa shape index (κ2) is 3.68. The Labute approximate surface area is 87.2 Å². The van der Waals surface area contributed by atoms with Crippen molar-refractivity contribution in [3.63, 3.8) is 0 Å². The van der Waals surface area contributed by atoms with E-state index in [4.69, 9.17) is 10.5 Å². The number of halogens is 1. The summed E-state index contributed by atoms with van der Waals surface area (Å²) in [6.07, 6.45) is 0. The van der Waals surface area contributed by atoms with Crippen LogP contribution >= 0.6 is 15.9 Å². The van der Waals surface area contributed by atoms with E-state index >= 15 is 0 Å². The van der Waals surface area contributed by atoms with Gasteiger partial charge in [0.25, 0.3) is 0 Å². The average molecular weight is 244 g/mol. The van der Waals surface area contributed by atoms with E-state index in [0.29, 0.717) is 0 Å². The van der Waals surface area contributed by atoms with Gasteiger partial charge in [-0.2, -0.15) is 0 Å². The van der Waals surface area contributed by atoms with Gasteiger partial charge in [-0.05, 0) is 31.5 Å². The molecular weight excluding hydrogens is 230 g/mol. The van der Waals surface area contributed by atoms with Crippen LogP contribution in [0, 0.1) is 0 Å². The average Bonchev–Trinajstić information content (AvgIpc) is 2.01. The number of nitrogens with two attached hydrogens (primary N) is 1. The Morgan fingerprint density at radius 1 is 1.38 bits per heavy atom. The fraction of sp³-hybridized carbons (Fsp3) is 0.400. The van der Waals surface area contributed by atoms with Gasteiger partial charge in [-0.1, -0.05) is 22.0 Å². The molecule has 0 saturated heterocycles. The molecule has 0 atom stereocenters. The van der Waals surface area contributed by atoms with Crippen LogP contribution in [0.5, 0.6) is 5.75 Å². The Morgan fingerprint density at radius 3 is 2.38 bits per heavy atom. The van der Waals surface area contributed by atoms with Crippen LogP contribution in [0.25, 0.3) is 0 Å². The molecule has 0 bridgehead atoms. The van der Waals surface area contributed by atoms with Crippen molar-refractivity contribution in [3.05, 3.63) is 28.2 Å². The summed E-state index contributed by atoms with van der Waals surface area (Å²) in [6, 6.07) is 5.81. The molecule has 0 aliphatic rings. The van der Waals surface area contributed by atoms with Crippen molar-refractivity contribution in [2.45, 2.75) is 19.4 Å². The van der Waals surface area contributed by atoms with Gasteiger partial charge in [0.2, 0.25) is 0 Å². The molecule has 0 aliphatic heterocycles. The van der Waals surface area contributed by atoms with Crippen LogP contribution in [0.3, 0.4) is 0 Å². The molecular formula is C10H14BrNO. The van der Waals surface area contributed by atoms with Crippen LogP contribution in [0.2, 0.25) is 0 Å². The van der Waals surface area contributed by atoms with E-state index in [1.165, 1.54) is 0 Å². The first kappa shape index (κ1) is 10.5. The Hall–Kier alpha value is -0.540. The van der Waals surface area contributed by atoms with E-state index in [9.17, 15) is 0 Å². The van der Waals surface area contributed by atoms with E-state index in [1.54, 1.807) is 7.11 Å². The molecule has 1 aromatic carbocycles. The first-order valence-corrected chi connectivity index (χ1v) is 4.87. The minimum absolute atomic E-state index is 0.328. The lowest BCUT2D eigenvalue weighted by Gasteiger charge is -2.21. The van der Waals surface area contributed by atoms with E-state index in [1.807, 2.05) is 32.0 Å². The summed E-state index contributed by atoms with van der Waals surface area (Å²) in [5, 5.41) is 0. The lowest BCUT2D eigenvalue weighted by molar-refractivity contribution is 0.413. The minimum atomic E-state index is -0.328. The summed E-state index contributed by atoms with van der Waals surface area (Å²) in [5.41, 5.74) is 6.73. The highest BCUT2D eigenvalue weighted by atomic mass is 79.9. The summed E-state index contributed by atoms with van der Waals surface area (Å²) < 4.78 is 6.08. The van der Waals surface area contributed by atoms with Crippen LogP contribution in [-0.2, 0) is 5.54 Å². The fourth-order valence-corrected chi connectivity index (χ4v) is 2.01. The largest absolute Gasteiger partial charge is 0.497 e. The Bertz CT molecular complexity index is 304. The van der Waals surface area contributed by atoms with Crippen LogP contribution in [0.1, 0.15) is 19.4 Å². The monoisotopic (exact) mass is 243 g/mol. The van der Waals surface area contributed by atoms with Gasteiger partial charge in [-0.15, -0.1) is 0 Å². The highest BCUT2D eigenvalue weighted by Gasteiger charge is 2.17. The van der Waals surface area contributed by atoms with Crippen molar-refractivity contribution < 1.29 is 4.74 Å². The van der Waals surface area contributed by atoms with Gasteiger partial charge in [-0.3, -0.25) is 0 Å². The van der Waals surface area contributed by atoms with Crippen molar-refractivity contribution in [1.29, 1.82) is 0 Å². The molecule has 13 heavy (non-hydrogen) atoms. The normalized spacial score (nSPS) is 11.5. The van der Waals surface area contributed by atoms with Crippen LogP contribution < -0.4 is 10.5 Å². The number of benzene rings is 1. The molecule has 0 spiro atoms. The first-order valence-electron chi connectivity index (χ1n) is 4.08. The molecule has 3 heteroatoms. The molecule has 0 fully saturated rings. The predicted molar refractivity (Wildman–Crippen MR) is 57.9 cm³/mol. The van der Waals surface area contributed by atoms with Gasteiger partial charge in [-0.25, -0.2) is 0 Å². The second-order valence-electron chi connectivity index (χ2n) is 3.57. The maximum Gasteiger partial charge on any atom is 0.120 e. The second-order valence-corrected chi connectivity index (χ2v) is 4.42. The highest BCUT2D eigenvalue weighted by molar-refractivity contribution is 9.10. The van der Waals surface area contributed by atoms with Crippen LogP contribution in [-0.4, -0.2) is 7.11 Å². The van der Waals surface area contributed by atoms with Crippen LogP contribution in [0.4, 0.5) is 0 Å². The number of hydrogen-bond donors (Lipinski definition) is 1. The molecule has 0 amide bonds. The summed E-state index contributed by atoms with van der Waals surface area (Å²) >= 11 is 3.46. The molecule has 2 nitrogen and oxygen atoms in total. The van der Waals surface area contributed by atoms with Gasteiger partial charge in [0.05, 0.1) is 7.11 Å². The molecule has 0 aromatic heterocycles. The van der Waals surface area contributed by atoms with Crippen molar-refractivity contribution in [1.82, 2.24) is 0 Å². The molecule has 0 heterocycles. The zero-order valence-corrected chi connectivity index (χ0v) is 9.68. The third-order valence-corrected chi connectivity index (χ3v) is 2.53. The summed E-state index contributed by atoms with van der Waals surface area (Å²) in [4.78, 5) is 0. The van der Waals surface area contributed by atoms with Crippen molar-refractivity contribution in [2.75, 3.05) is 7.11 Å². The number of ether oxygens (including phenoxy) is 1. The molecule has 0 unspecified atom stereocenters. The van der Waals surface area contributed by atoms with E-state index < -0.39 is 0 Å². The van der Waals surface area contributed by atoms with Crippen molar-refractivity contribution >= 4 is 15.9 Å². The van der Waals surface area contributed by atoms with Crippen molar-refractivity contribution in [3.8, 4) is 5.75 Å². The number of hydrogen-bond acceptors (Lipinski definition) is 2. The predicted octanol–water partition coefficient (Wildman–Crippen LogP) is 2.65. The molecule has 1 rings (SSSR count). The maximum absolute atomic E-state index is 5.98.